The third-order valence-electron chi connectivity index (χ3n) is 3.56. The van der Waals surface area contributed by atoms with E-state index >= 15 is 0 Å². The highest BCUT2D eigenvalue weighted by Crippen LogP contribution is 2.13. The third kappa shape index (κ3) is 12.0. The summed E-state index contributed by atoms with van der Waals surface area (Å²) in [4.78, 5) is 43.3. The van der Waals surface area contributed by atoms with Crippen LogP contribution in [0.1, 0.15) is 71.6 Å². The van der Waals surface area contributed by atoms with Gasteiger partial charge in [-0.3, -0.25) is 0 Å². The quantitative estimate of drug-likeness (QED) is 0.162. The van der Waals surface area contributed by atoms with Crippen molar-refractivity contribution >= 4 is 17.9 Å². The first-order chi connectivity index (χ1) is 11.9. The molecule has 0 aliphatic heterocycles. The number of unbranched alkanes of at least 4 members (excludes halogenated alkanes) is 7. The van der Waals surface area contributed by atoms with Crippen molar-refractivity contribution < 1.29 is 28.9 Å². The molecule has 0 aliphatic carbocycles. The smallest absolute Gasteiger partial charge is 0.395 e. The van der Waals surface area contributed by atoms with Crippen molar-refractivity contribution in [1.82, 2.24) is 0 Å². The van der Waals surface area contributed by atoms with Gasteiger partial charge in [0.05, 0.1) is 0 Å². The fraction of sp³-hybridized carbons (Fsp3) is 0.632. The monoisotopic (exact) mass is 354 g/mol. The van der Waals surface area contributed by atoms with Crippen LogP contribution in [0.2, 0.25) is 0 Å². The Bertz CT molecular complexity index is 455. The van der Waals surface area contributed by atoms with Gasteiger partial charge in [-0.15, -0.1) is 0 Å². The summed E-state index contributed by atoms with van der Waals surface area (Å²) in [5.74, 6) is -2.50. The molecule has 1 atom stereocenters. The molecular formula is C19H30O6. The zero-order valence-corrected chi connectivity index (χ0v) is 15.4. The molecule has 6 nitrogen and oxygen atoms in total. The Balaban J connectivity index is 4.22. The Labute approximate surface area is 150 Å². The summed E-state index contributed by atoms with van der Waals surface area (Å²) in [7, 11) is 0. The van der Waals surface area contributed by atoms with E-state index in [0.717, 1.165) is 25.3 Å². The lowest BCUT2D eigenvalue weighted by Crippen LogP contribution is -2.29. The van der Waals surface area contributed by atoms with Gasteiger partial charge in [0.1, 0.15) is 0 Å². The van der Waals surface area contributed by atoms with E-state index in [1.807, 2.05) is 0 Å². The summed E-state index contributed by atoms with van der Waals surface area (Å²) in [6.45, 7) is 10.3. The van der Waals surface area contributed by atoms with E-state index in [1.165, 1.54) is 32.6 Å². The van der Waals surface area contributed by atoms with Crippen LogP contribution in [0.25, 0.3) is 0 Å². The number of ether oxygens (including phenoxy) is 1. The van der Waals surface area contributed by atoms with Gasteiger partial charge in [0.25, 0.3) is 0 Å². The van der Waals surface area contributed by atoms with Crippen LogP contribution in [0.5, 0.6) is 0 Å². The zero-order chi connectivity index (χ0) is 19.1. The van der Waals surface area contributed by atoms with E-state index in [0.29, 0.717) is 12.8 Å². The molecule has 0 fully saturated rings. The summed E-state index contributed by atoms with van der Waals surface area (Å²) in [5.41, 5.74) is 0.0931. The lowest BCUT2D eigenvalue weighted by atomic mass is 10.1. The maximum absolute atomic E-state index is 11.9. The number of esters is 1. The maximum Gasteiger partial charge on any atom is 0.395 e. The van der Waals surface area contributed by atoms with Crippen molar-refractivity contribution in [3.63, 3.8) is 0 Å². The van der Waals surface area contributed by atoms with Crippen LogP contribution in [0, 0.1) is 0 Å². The van der Waals surface area contributed by atoms with Gasteiger partial charge in [-0.1, -0.05) is 65.0 Å². The van der Waals surface area contributed by atoms with Crippen LogP contribution >= 0.6 is 0 Å². The molecule has 0 saturated heterocycles. The Morgan fingerprint density at radius 2 is 1.52 bits per heavy atom. The van der Waals surface area contributed by atoms with E-state index in [4.69, 9.17) is 4.74 Å². The van der Waals surface area contributed by atoms with Gasteiger partial charge in [-0.05, 0) is 19.8 Å². The topological polar surface area (TPSA) is 78.9 Å². The predicted molar refractivity (Wildman–Crippen MR) is 94.3 cm³/mol. The Hall–Kier alpha value is -2.11. The minimum absolute atomic E-state index is 0.0931. The van der Waals surface area contributed by atoms with Crippen LogP contribution in [-0.2, 0) is 28.9 Å². The molecule has 25 heavy (non-hydrogen) atoms. The van der Waals surface area contributed by atoms with Crippen LogP contribution in [0.3, 0.4) is 0 Å². The molecule has 0 spiro atoms. The van der Waals surface area contributed by atoms with Crippen molar-refractivity contribution in [1.29, 1.82) is 0 Å². The van der Waals surface area contributed by atoms with Crippen molar-refractivity contribution in [2.45, 2.75) is 77.7 Å². The lowest BCUT2D eigenvalue weighted by Gasteiger charge is -2.14. The Morgan fingerprint density at radius 3 is 2.04 bits per heavy atom. The standard InChI is InChI=1S/C19H30O6/c1-5-7-8-9-10-11-12-13-14-16(23-17(20)6-2)19(22)25-24-18(21)15(3)4/h6,16H,2-3,5,7-14H2,1,4H3. The summed E-state index contributed by atoms with van der Waals surface area (Å²) in [6.07, 6.45) is 8.92. The summed E-state index contributed by atoms with van der Waals surface area (Å²) >= 11 is 0. The average Bonchev–Trinajstić information content (AvgIpc) is 2.60. The van der Waals surface area contributed by atoms with Gasteiger partial charge in [-0.2, -0.15) is 0 Å². The number of rotatable bonds is 13. The van der Waals surface area contributed by atoms with Crippen molar-refractivity contribution in [2.75, 3.05) is 0 Å². The third-order valence-corrected chi connectivity index (χ3v) is 3.56. The van der Waals surface area contributed by atoms with E-state index in [1.54, 1.807) is 0 Å². The number of carbonyl (C=O) groups excluding carboxylic acids is 3. The molecule has 0 aromatic carbocycles. The van der Waals surface area contributed by atoms with Gasteiger partial charge < -0.3 is 4.74 Å². The molecule has 0 aromatic rings. The molecule has 0 radical (unpaired) electrons. The first kappa shape index (κ1) is 22.9. The minimum atomic E-state index is -1.12. The van der Waals surface area contributed by atoms with Gasteiger partial charge in [0.2, 0.25) is 6.10 Å². The number of hydrogen-bond acceptors (Lipinski definition) is 6. The molecule has 0 amide bonds. The van der Waals surface area contributed by atoms with Crippen molar-refractivity contribution in [3.05, 3.63) is 24.8 Å². The van der Waals surface area contributed by atoms with E-state index in [9.17, 15) is 14.4 Å². The molecule has 0 bridgehead atoms. The Kier molecular flexibility index (Phi) is 13.0. The molecule has 0 rings (SSSR count). The fourth-order valence-electron chi connectivity index (χ4n) is 2.08. The molecule has 0 aliphatic rings. The fourth-order valence-corrected chi connectivity index (χ4v) is 2.08. The molecule has 0 heterocycles. The van der Waals surface area contributed by atoms with Gasteiger partial charge in [0, 0.05) is 11.6 Å². The molecule has 1 unspecified atom stereocenters. The largest absolute Gasteiger partial charge is 0.447 e. The molecule has 0 saturated carbocycles. The van der Waals surface area contributed by atoms with Crippen molar-refractivity contribution in [3.8, 4) is 0 Å². The molecular weight excluding hydrogens is 324 g/mol. The highest BCUT2D eigenvalue weighted by atomic mass is 17.2. The van der Waals surface area contributed by atoms with Crippen molar-refractivity contribution in [2.24, 2.45) is 0 Å². The second-order valence-corrected chi connectivity index (χ2v) is 5.95. The SMILES string of the molecule is C=CC(=O)OC(CCCCCCCCCC)C(=O)OOC(=O)C(=C)C. The molecule has 0 N–H and O–H groups in total. The minimum Gasteiger partial charge on any atom is -0.447 e. The van der Waals surface area contributed by atoms with E-state index in [2.05, 4.69) is 29.9 Å². The zero-order valence-electron chi connectivity index (χ0n) is 15.4. The van der Waals surface area contributed by atoms with Crippen LogP contribution in [0.15, 0.2) is 24.8 Å². The summed E-state index contributed by atoms with van der Waals surface area (Å²) in [5, 5.41) is 0. The normalized spacial score (nSPS) is 11.3. The lowest BCUT2D eigenvalue weighted by molar-refractivity contribution is -0.262. The summed E-state index contributed by atoms with van der Waals surface area (Å²) < 4.78 is 4.97. The van der Waals surface area contributed by atoms with Gasteiger partial charge in [0.15, 0.2) is 0 Å². The molecule has 142 valence electrons. The second-order valence-electron chi connectivity index (χ2n) is 5.95. The molecule has 0 aromatic heterocycles. The maximum atomic E-state index is 11.9. The van der Waals surface area contributed by atoms with Gasteiger partial charge >= 0.3 is 17.9 Å². The van der Waals surface area contributed by atoms with Gasteiger partial charge in [-0.25, -0.2) is 24.2 Å². The number of carbonyl (C=O) groups is 3. The predicted octanol–water partition coefficient (Wildman–Crippen LogP) is 4.19. The highest BCUT2D eigenvalue weighted by molar-refractivity contribution is 5.88. The molecule has 6 heteroatoms. The highest BCUT2D eigenvalue weighted by Gasteiger charge is 2.25. The Morgan fingerprint density at radius 1 is 0.960 bits per heavy atom. The number of hydrogen-bond donors (Lipinski definition) is 0. The average molecular weight is 354 g/mol. The summed E-state index contributed by atoms with van der Waals surface area (Å²) in [6, 6.07) is 0. The second kappa shape index (κ2) is 14.3. The first-order valence-corrected chi connectivity index (χ1v) is 8.83. The van der Waals surface area contributed by atoms with Crippen LogP contribution in [-0.4, -0.2) is 24.0 Å². The van der Waals surface area contributed by atoms with E-state index < -0.39 is 24.0 Å². The first-order valence-electron chi connectivity index (χ1n) is 8.83. The van der Waals surface area contributed by atoms with Crippen LogP contribution in [0.4, 0.5) is 0 Å². The van der Waals surface area contributed by atoms with E-state index in [-0.39, 0.29) is 5.57 Å². The van der Waals surface area contributed by atoms with Crippen LogP contribution < -0.4 is 0 Å².